The Labute approximate surface area is 274 Å². The Morgan fingerprint density at radius 1 is 1.09 bits per heavy atom. The summed E-state index contributed by atoms with van der Waals surface area (Å²) in [7, 11) is 0. The zero-order valence-electron chi connectivity index (χ0n) is 26.0. The largest absolute Gasteiger partial charge is 0.379 e. The van der Waals surface area contributed by atoms with Gasteiger partial charge < -0.3 is 20.1 Å². The molecule has 1 aliphatic carbocycles. The Kier molecular flexibility index (Phi) is 10.6. The van der Waals surface area contributed by atoms with Gasteiger partial charge in [-0.05, 0) is 57.7 Å². The summed E-state index contributed by atoms with van der Waals surface area (Å²) in [6, 6.07) is 1.55. The van der Waals surface area contributed by atoms with Crippen molar-refractivity contribution < 1.29 is 27.8 Å². The van der Waals surface area contributed by atoms with Crippen LogP contribution in [-0.2, 0) is 9.47 Å². The van der Waals surface area contributed by atoms with Crippen LogP contribution in [0.4, 0.5) is 19.3 Å². The van der Waals surface area contributed by atoms with Crippen LogP contribution in [0.2, 0.25) is 0 Å². The molecule has 1 aliphatic heterocycles. The van der Waals surface area contributed by atoms with E-state index in [2.05, 4.69) is 35.7 Å². The average Bonchev–Trinajstić information content (AvgIpc) is 3.86. The Morgan fingerprint density at radius 2 is 1.89 bits per heavy atom. The molecular weight excluding hydrogens is 632 g/mol. The van der Waals surface area contributed by atoms with E-state index in [9.17, 15) is 18.4 Å². The van der Waals surface area contributed by atoms with Gasteiger partial charge in [-0.3, -0.25) is 14.4 Å². The zero-order valence-corrected chi connectivity index (χ0v) is 26.8. The van der Waals surface area contributed by atoms with Crippen LogP contribution in [0.5, 0.6) is 0 Å². The highest BCUT2D eigenvalue weighted by Gasteiger charge is 2.27. The highest BCUT2D eigenvalue weighted by Crippen LogP contribution is 2.34. The number of halogens is 2. The molecular formula is C31H37F2N9O4S. The van der Waals surface area contributed by atoms with Gasteiger partial charge in [-0.15, -0.1) is 11.3 Å². The summed E-state index contributed by atoms with van der Waals surface area (Å²) < 4.78 is 42.9. The lowest BCUT2D eigenvalue weighted by molar-refractivity contribution is 0.0260. The second kappa shape index (κ2) is 15.2. The maximum Gasteiger partial charge on any atom is 0.342 e. The monoisotopic (exact) mass is 669 g/mol. The van der Waals surface area contributed by atoms with Gasteiger partial charge in [0.2, 0.25) is 5.95 Å². The van der Waals surface area contributed by atoms with Crippen molar-refractivity contribution in [3.05, 3.63) is 53.6 Å². The summed E-state index contributed by atoms with van der Waals surface area (Å²) in [6.07, 6.45) is 8.94. The van der Waals surface area contributed by atoms with E-state index in [1.165, 1.54) is 22.2 Å². The molecule has 2 amide bonds. The third kappa shape index (κ3) is 8.06. The molecule has 0 aromatic carbocycles. The van der Waals surface area contributed by atoms with Gasteiger partial charge in [0.15, 0.2) is 5.82 Å². The number of thiazole rings is 1. The van der Waals surface area contributed by atoms with Gasteiger partial charge in [-0.2, -0.15) is 19.3 Å². The molecule has 0 bridgehead atoms. The number of nitrogens with one attached hydrogen (secondary N) is 2. The molecule has 13 nitrogen and oxygen atoms in total. The molecule has 2 fully saturated rings. The standard InChI is InChI=1S/C31H37F2N9O4S/c1-2-46-22-6-4-21(5-7-22)41-18-24(28(39-41)27-23(32)8-9-26(33)38-27)36-29(43)25-19-47-30(37-25)20-16-35-42(17-20)31(44)34-10-3-11-40-12-14-45-15-13-40/h8-9,16-19,21-22H,2-7,10-15H2,1H3,(H,34,44)(H,36,43)/t21-,22-. The van der Waals surface area contributed by atoms with Gasteiger partial charge >= 0.3 is 6.03 Å². The van der Waals surface area contributed by atoms with Crippen molar-refractivity contribution in [3.63, 3.8) is 0 Å². The van der Waals surface area contributed by atoms with E-state index >= 15 is 0 Å². The van der Waals surface area contributed by atoms with E-state index in [4.69, 9.17) is 9.47 Å². The van der Waals surface area contributed by atoms with Crippen molar-refractivity contribution in [2.75, 3.05) is 51.3 Å². The first-order valence-electron chi connectivity index (χ1n) is 15.8. The molecule has 1 saturated carbocycles. The normalized spacial score (nSPS) is 18.7. The number of anilines is 1. The van der Waals surface area contributed by atoms with Gasteiger partial charge in [0.1, 0.15) is 22.1 Å². The minimum absolute atomic E-state index is 0.00268. The Balaban J connectivity index is 1.12. The Bertz CT molecular complexity index is 1680. The van der Waals surface area contributed by atoms with E-state index in [-0.39, 0.29) is 40.9 Å². The summed E-state index contributed by atoms with van der Waals surface area (Å²) in [5.41, 5.74) is 0.586. The SMILES string of the molecule is CCO[C@H]1CC[C@H](n2cc(NC(=O)c3csc(-c4cnn(C(=O)NCCCN5CCOCC5)c4)n3)c(-c3nc(F)ccc3F)n2)CC1. The van der Waals surface area contributed by atoms with Crippen molar-refractivity contribution in [1.82, 2.24) is 39.7 Å². The topological polar surface area (TPSA) is 141 Å². The second-order valence-electron chi connectivity index (χ2n) is 11.4. The van der Waals surface area contributed by atoms with Crippen LogP contribution in [0.1, 0.15) is 55.6 Å². The lowest BCUT2D eigenvalue weighted by atomic mass is 9.93. The van der Waals surface area contributed by atoms with Crippen LogP contribution in [0.25, 0.3) is 22.0 Å². The number of carbonyl (C=O) groups excluding carboxylic acids is 2. The molecule has 5 heterocycles. The molecule has 0 radical (unpaired) electrons. The lowest BCUT2D eigenvalue weighted by Crippen LogP contribution is -2.38. The van der Waals surface area contributed by atoms with Crippen LogP contribution < -0.4 is 10.6 Å². The van der Waals surface area contributed by atoms with E-state index in [0.29, 0.717) is 23.7 Å². The quantitative estimate of drug-likeness (QED) is 0.173. The van der Waals surface area contributed by atoms with E-state index in [1.54, 1.807) is 22.5 Å². The zero-order chi connectivity index (χ0) is 32.8. The van der Waals surface area contributed by atoms with Crippen molar-refractivity contribution in [1.29, 1.82) is 0 Å². The molecule has 0 atom stereocenters. The van der Waals surface area contributed by atoms with Gasteiger partial charge in [0.05, 0.1) is 37.2 Å². The third-order valence-corrected chi connectivity index (χ3v) is 9.13. The highest BCUT2D eigenvalue weighted by atomic mass is 32.1. The van der Waals surface area contributed by atoms with Crippen LogP contribution in [0.15, 0.2) is 36.1 Å². The first-order chi connectivity index (χ1) is 22.9. The molecule has 47 heavy (non-hydrogen) atoms. The molecule has 2 N–H and O–H groups in total. The number of morpholine rings is 1. The van der Waals surface area contributed by atoms with Gasteiger partial charge in [0.25, 0.3) is 5.91 Å². The number of hydrogen-bond donors (Lipinski definition) is 2. The minimum atomic E-state index is -0.864. The van der Waals surface area contributed by atoms with Gasteiger partial charge in [-0.1, -0.05) is 0 Å². The molecule has 2 aliphatic rings. The number of rotatable bonds is 11. The first kappa shape index (κ1) is 32.8. The molecule has 6 rings (SSSR count). The van der Waals surface area contributed by atoms with Crippen molar-refractivity contribution >= 4 is 29.0 Å². The summed E-state index contributed by atoms with van der Waals surface area (Å²) in [6.45, 7) is 7.26. The number of pyridine rings is 1. The molecule has 250 valence electrons. The van der Waals surface area contributed by atoms with Gasteiger partial charge in [-0.25, -0.2) is 19.2 Å². The van der Waals surface area contributed by atoms with Crippen molar-refractivity contribution in [2.45, 2.75) is 51.2 Å². The van der Waals surface area contributed by atoms with E-state index in [0.717, 1.165) is 77.1 Å². The summed E-state index contributed by atoms with van der Waals surface area (Å²) in [4.78, 5) is 36.5. The molecule has 4 aromatic heterocycles. The van der Waals surface area contributed by atoms with E-state index in [1.807, 2.05) is 6.92 Å². The number of ether oxygens (including phenoxy) is 2. The lowest BCUT2D eigenvalue weighted by Gasteiger charge is -2.28. The summed E-state index contributed by atoms with van der Waals surface area (Å²) in [5, 5.41) is 16.4. The van der Waals surface area contributed by atoms with Crippen molar-refractivity contribution in [3.8, 4) is 22.0 Å². The maximum atomic E-state index is 14.8. The third-order valence-electron chi connectivity index (χ3n) is 8.24. The average molecular weight is 670 g/mol. The number of carbonyl (C=O) groups is 2. The minimum Gasteiger partial charge on any atom is -0.379 e. The van der Waals surface area contributed by atoms with Crippen LogP contribution >= 0.6 is 11.3 Å². The molecule has 16 heteroatoms. The number of aromatic nitrogens is 6. The fourth-order valence-electron chi connectivity index (χ4n) is 5.79. The predicted octanol–water partition coefficient (Wildman–Crippen LogP) is 4.60. The molecule has 0 spiro atoms. The second-order valence-corrected chi connectivity index (χ2v) is 12.3. The van der Waals surface area contributed by atoms with E-state index < -0.39 is 17.7 Å². The summed E-state index contributed by atoms with van der Waals surface area (Å²) in [5.74, 6) is -2.19. The maximum absolute atomic E-state index is 14.8. The number of amides is 2. The predicted molar refractivity (Wildman–Crippen MR) is 170 cm³/mol. The molecule has 0 unspecified atom stereocenters. The van der Waals surface area contributed by atoms with Crippen LogP contribution in [0, 0.1) is 11.8 Å². The smallest absolute Gasteiger partial charge is 0.342 e. The van der Waals surface area contributed by atoms with Gasteiger partial charge in [0, 0.05) is 49.6 Å². The van der Waals surface area contributed by atoms with Crippen LogP contribution in [-0.4, -0.2) is 98.5 Å². The summed E-state index contributed by atoms with van der Waals surface area (Å²) >= 11 is 1.21. The Morgan fingerprint density at radius 3 is 2.68 bits per heavy atom. The fourth-order valence-corrected chi connectivity index (χ4v) is 6.56. The Hall–Kier alpha value is -4.12. The molecule has 4 aromatic rings. The first-order valence-corrected chi connectivity index (χ1v) is 16.7. The fraction of sp³-hybridized carbons (Fsp3) is 0.484. The number of hydrogen-bond acceptors (Lipinski definition) is 10. The highest BCUT2D eigenvalue weighted by molar-refractivity contribution is 7.13. The molecule has 1 saturated heterocycles. The van der Waals surface area contributed by atoms with Crippen LogP contribution in [0.3, 0.4) is 0 Å². The number of nitrogens with zero attached hydrogens (tertiary/aromatic N) is 7. The van der Waals surface area contributed by atoms with Crippen molar-refractivity contribution in [2.24, 2.45) is 0 Å².